The molecule has 0 spiro atoms. The first-order valence-corrected chi connectivity index (χ1v) is 10.9. The third-order valence-corrected chi connectivity index (χ3v) is 4.51. The smallest absolute Gasteiger partial charge is 0.197 e. The highest BCUT2D eigenvalue weighted by Gasteiger charge is 2.29. The summed E-state index contributed by atoms with van der Waals surface area (Å²) in [6.45, 7) is 9.39. The number of aromatic nitrogens is 4. The first-order chi connectivity index (χ1) is 15.2. The van der Waals surface area contributed by atoms with Crippen molar-refractivity contribution < 1.29 is 20.1 Å². The summed E-state index contributed by atoms with van der Waals surface area (Å²) in [6, 6.07) is 8.35. The van der Waals surface area contributed by atoms with E-state index in [4.69, 9.17) is 14.9 Å². The number of anilines is 1. The van der Waals surface area contributed by atoms with E-state index in [9.17, 15) is 5.11 Å². The fourth-order valence-corrected chi connectivity index (χ4v) is 3.24. The van der Waals surface area contributed by atoms with Gasteiger partial charge in [-0.15, -0.1) is 0 Å². The normalized spacial score (nSPS) is 17.9. The minimum atomic E-state index is -1.50. The van der Waals surface area contributed by atoms with E-state index in [0.29, 0.717) is 18.0 Å². The molecule has 176 valence electrons. The molecule has 2 unspecified atom stereocenters. The second-order valence-electron chi connectivity index (χ2n) is 7.87. The van der Waals surface area contributed by atoms with Gasteiger partial charge in [0.2, 0.25) is 0 Å². The lowest BCUT2D eigenvalue weighted by atomic mass is 10.1. The van der Waals surface area contributed by atoms with Crippen molar-refractivity contribution in [3.05, 3.63) is 53.6 Å². The fourth-order valence-electron chi connectivity index (χ4n) is 3.24. The van der Waals surface area contributed by atoms with Crippen molar-refractivity contribution >= 4 is 11.5 Å². The molecule has 1 fully saturated rings. The number of benzene rings is 1. The van der Waals surface area contributed by atoms with Crippen molar-refractivity contribution in [2.24, 2.45) is 0 Å². The summed E-state index contributed by atoms with van der Waals surface area (Å²) in [5, 5.41) is 33.1. The molecule has 1 aliphatic heterocycles. The summed E-state index contributed by atoms with van der Waals surface area (Å²) in [7, 11) is 0. The number of nitrogens with zero attached hydrogens (tertiary/aromatic N) is 4. The molecule has 0 bridgehead atoms. The minimum absolute atomic E-state index is 0.0471. The van der Waals surface area contributed by atoms with Gasteiger partial charge in [0.25, 0.3) is 0 Å². The van der Waals surface area contributed by atoms with E-state index >= 15 is 0 Å². The van der Waals surface area contributed by atoms with Gasteiger partial charge in [0.05, 0.1) is 24.6 Å². The van der Waals surface area contributed by atoms with Gasteiger partial charge >= 0.3 is 0 Å². The Hall–Kier alpha value is -2.59. The number of aliphatic hydroxyl groups is 3. The monoisotopic (exact) mass is 445 g/mol. The van der Waals surface area contributed by atoms with E-state index in [2.05, 4.69) is 45.5 Å². The number of nitrogens with one attached hydrogen (secondary N) is 1. The Morgan fingerprint density at radius 1 is 1.19 bits per heavy atom. The van der Waals surface area contributed by atoms with Gasteiger partial charge in [-0.1, -0.05) is 43.7 Å². The zero-order valence-corrected chi connectivity index (χ0v) is 19.5. The van der Waals surface area contributed by atoms with E-state index in [1.807, 2.05) is 19.9 Å². The van der Waals surface area contributed by atoms with Gasteiger partial charge < -0.3 is 25.4 Å². The molecule has 1 aliphatic rings. The van der Waals surface area contributed by atoms with Crippen LogP contribution in [0.15, 0.2) is 36.8 Å². The molecule has 1 aromatic carbocycles. The lowest BCUT2D eigenvalue weighted by Crippen LogP contribution is -2.15. The summed E-state index contributed by atoms with van der Waals surface area (Å²) in [5.41, 5.74) is 3.99. The summed E-state index contributed by atoms with van der Waals surface area (Å²) in [6.07, 6.45) is 4.82. The molecule has 4 N–H and O–H groups in total. The maximum absolute atomic E-state index is 9.25. The van der Waals surface area contributed by atoms with Gasteiger partial charge in [0.15, 0.2) is 17.3 Å². The molecular formula is C23H35N5O4. The Morgan fingerprint density at radius 3 is 2.53 bits per heavy atom. The van der Waals surface area contributed by atoms with Gasteiger partial charge in [-0.05, 0) is 39.2 Å². The van der Waals surface area contributed by atoms with E-state index in [0.717, 1.165) is 18.5 Å². The van der Waals surface area contributed by atoms with Crippen molar-refractivity contribution in [2.45, 2.75) is 72.0 Å². The first kappa shape index (κ1) is 25.7. The van der Waals surface area contributed by atoms with E-state index in [1.165, 1.54) is 31.3 Å². The van der Waals surface area contributed by atoms with Crippen LogP contribution in [0.5, 0.6) is 0 Å². The molecule has 3 aromatic rings. The molecule has 1 saturated heterocycles. The van der Waals surface area contributed by atoms with Crippen molar-refractivity contribution in [1.29, 1.82) is 0 Å². The highest BCUT2D eigenvalue weighted by molar-refractivity contribution is 5.62. The van der Waals surface area contributed by atoms with Crippen LogP contribution in [0, 0.1) is 6.92 Å². The van der Waals surface area contributed by atoms with E-state index in [1.54, 1.807) is 10.7 Å². The average molecular weight is 446 g/mol. The first-order valence-electron chi connectivity index (χ1n) is 10.9. The number of imidazole rings is 1. The lowest BCUT2D eigenvalue weighted by Gasteiger charge is -2.12. The molecular weight excluding hydrogens is 410 g/mol. The van der Waals surface area contributed by atoms with Crippen molar-refractivity contribution in [1.82, 2.24) is 19.6 Å². The van der Waals surface area contributed by atoms with E-state index in [-0.39, 0.29) is 18.8 Å². The van der Waals surface area contributed by atoms with Crippen LogP contribution in [0.2, 0.25) is 0 Å². The number of aryl methyl sites for hydroxylation is 1. The average Bonchev–Trinajstić information content (AvgIpc) is 3.39. The number of ether oxygens (including phenoxy) is 1. The van der Waals surface area contributed by atoms with Gasteiger partial charge in [0, 0.05) is 6.54 Å². The standard InChI is InChI=1S/C18H21N5O2.C3H8O2.C2H6/c1-12-3-2-4-13(7-12)8-19-17-18-20-9-15(23(18)22-11-21-17)16-6-5-14(10-24)25-16;1-3(2,4)5;1-2/h2-4,7,9,11,14,16,24H,5-6,8,10H2,1H3,(H,19,21,22);4-5H,1-2H3;1-2H3. The van der Waals surface area contributed by atoms with Crippen LogP contribution in [0.1, 0.15) is 63.5 Å². The predicted molar refractivity (Wildman–Crippen MR) is 123 cm³/mol. The Bertz CT molecular complexity index is 964. The topological polar surface area (TPSA) is 125 Å². The largest absolute Gasteiger partial charge is 0.394 e. The molecule has 9 heteroatoms. The van der Waals surface area contributed by atoms with Gasteiger partial charge in [-0.25, -0.2) is 14.5 Å². The number of rotatable bonds is 5. The molecule has 9 nitrogen and oxygen atoms in total. The van der Waals surface area contributed by atoms with Gasteiger partial charge in [-0.2, -0.15) is 5.10 Å². The van der Waals surface area contributed by atoms with Gasteiger partial charge in [0.1, 0.15) is 12.4 Å². The maximum Gasteiger partial charge on any atom is 0.197 e. The van der Waals surface area contributed by atoms with Crippen LogP contribution in [0.25, 0.3) is 5.65 Å². The van der Waals surface area contributed by atoms with Crippen LogP contribution in [0.4, 0.5) is 5.82 Å². The van der Waals surface area contributed by atoms with Crippen LogP contribution >= 0.6 is 0 Å². The Balaban J connectivity index is 0.000000460. The summed E-state index contributed by atoms with van der Waals surface area (Å²) >= 11 is 0. The van der Waals surface area contributed by atoms with Gasteiger partial charge in [-0.3, -0.25) is 0 Å². The van der Waals surface area contributed by atoms with Crippen molar-refractivity contribution in [3.63, 3.8) is 0 Å². The van der Waals surface area contributed by atoms with Crippen molar-refractivity contribution in [2.75, 3.05) is 11.9 Å². The predicted octanol–water partition coefficient (Wildman–Crippen LogP) is 2.99. The number of hydrogen-bond donors (Lipinski definition) is 4. The quantitative estimate of drug-likeness (QED) is 0.442. The second-order valence-corrected chi connectivity index (χ2v) is 7.87. The highest BCUT2D eigenvalue weighted by Crippen LogP contribution is 2.33. The minimum Gasteiger partial charge on any atom is -0.394 e. The molecule has 0 amide bonds. The second kappa shape index (κ2) is 11.9. The number of aliphatic hydroxyl groups excluding tert-OH is 1. The van der Waals surface area contributed by atoms with Crippen LogP contribution in [-0.2, 0) is 11.3 Å². The third kappa shape index (κ3) is 7.52. The lowest BCUT2D eigenvalue weighted by molar-refractivity contribution is -0.127. The maximum atomic E-state index is 9.25. The van der Waals surface area contributed by atoms with Crippen molar-refractivity contribution in [3.8, 4) is 0 Å². The molecule has 2 atom stereocenters. The fraction of sp³-hybridized carbons (Fsp3) is 0.522. The Morgan fingerprint density at radius 2 is 1.91 bits per heavy atom. The third-order valence-electron chi connectivity index (χ3n) is 4.51. The SMILES string of the molecule is CC.CC(C)(O)O.Cc1cccc(CNc2ncnn3c(C4CCC(CO)O4)cnc23)c1. The van der Waals surface area contributed by atoms with E-state index < -0.39 is 5.79 Å². The zero-order chi connectivity index (χ0) is 23.7. The van der Waals surface area contributed by atoms with Crippen LogP contribution in [-0.4, -0.2) is 53.4 Å². The van der Waals surface area contributed by atoms with Crippen LogP contribution < -0.4 is 5.32 Å². The number of fused-ring (bicyclic) bond motifs is 1. The molecule has 4 rings (SSSR count). The highest BCUT2D eigenvalue weighted by atomic mass is 16.5. The Labute approximate surface area is 189 Å². The van der Waals surface area contributed by atoms with Crippen LogP contribution in [0.3, 0.4) is 0 Å². The molecule has 3 heterocycles. The number of hydrogen-bond acceptors (Lipinski definition) is 8. The molecule has 2 aromatic heterocycles. The summed E-state index contributed by atoms with van der Waals surface area (Å²) < 4.78 is 7.63. The molecule has 0 saturated carbocycles. The Kier molecular flexibility index (Phi) is 9.52. The molecule has 0 aliphatic carbocycles. The summed E-state index contributed by atoms with van der Waals surface area (Å²) in [4.78, 5) is 8.81. The molecule has 0 radical (unpaired) electrons. The molecule has 32 heavy (non-hydrogen) atoms. The zero-order valence-electron chi connectivity index (χ0n) is 19.5. The summed E-state index contributed by atoms with van der Waals surface area (Å²) in [5.74, 6) is -0.806.